The average Bonchev–Trinajstić information content (AvgIpc) is 2.96. The zero-order chi connectivity index (χ0) is 23.8. The molecular weight excluding hydrogens is 461 g/mol. The quantitative estimate of drug-likeness (QED) is 0.562. The maximum Gasteiger partial charge on any atom is 0.215 e. The van der Waals surface area contributed by atoms with E-state index in [-0.39, 0.29) is 48.2 Å². The molecule has 1 aromatic carbocycles. The molecule has 2 fully saturated rings. The molecule has 1 unspecified atom stereocenters. The lowest BCUT2D eigenvalue weighted by molar-refractivity contribution is 0.152. The summed E-state index contributed by atoms with van der Waals surface area (Å²) in [7, 11) is -4.67. The largest absolute Gasteiger partial charge is 0.329 e. The van der Waals surface area contributed by atoms with Gasteiger partial charge in [0.05, 0.1) is 5.75 Å². The van der Waals surface area contributed by atoms with E-state index in [0.29, 0.717) is 24.7 Å². The van der Waals surface area contributed by atoms with Gasteiger partial charge in [-0.05, 0) is 76.3 Å². The first kappa shape index (κ1) is 25.6. The number of hydrogen-bond donors (Lipinski definition) is 1. The van der Waals surface area contributed by atoms with Crippen molar-refractivity contribution in [1.29, 1.82) is 0 Å². The number of piperidine rings is 1. The van der Waals surface area contributed by atoms with Gasteiger partial charge in [0, 0.05) is 46.0 Å². The van der Waals surface area contributed by atoms with E-state index in [4.69, 9.17) is 5.73 Å². The van der Waals surface area contributed by atoms with Gasteiger partial charge in [0.25, 0.3) is 0 Å². The van der Waals surface area contributed by atoms with E-state index in [0.717, 1.165) is 18.9 Å². The summed E-state index contributed by atoms with van der Waals surface area (Å²) in [5, 5.41) is 0. The minimum Gasteiger partial charge on any atom is -0.329 e. The zero-order valence-corrected chi connectivity index (χ0v) is 20.5. The minimum absolute atomic E-state index is 0.00985. The Morgan fingerprint density at radius 2 is 1.66 bits per heavy atom. The van der Waals surface area contributed by atoms with Crippen molar-refractivity contribution in [2.75, 3.05) is 18.1 Å². The summed E-state index contributed by atoms with van der Waals surface area (Å²) in [5.41, 5.74) is 5.55. The molecular formula is C22H33F3N2O3S2. The van der Waals surface area contributed by atoms with Crippen LogP contribution in [-0.2, 0) is 27.2 Å². The number of nitrogens with two attached hydrogens (primary N) is 1. The number of rotatable bonds is 8. The summed E-state index contributed by atoms with van der Waals surface area (Å²) in [6, 6.07) is 1.12. The highest BCUT2D eigenvalue weighted by Gasteiger charge is 2.48. The van der Waals surface area contributed by atoms with Crippen LogP contribution in [0.3, 0.4) is 0 Å². The second kappa shape index (κ2) is 9.72. The molecule has 5 nitrogen and oxygen atoms in total. The van der Waals surface area contributed by atoms with Crippen LogP contribution in [0.2, 0.25) is 0 Å². The number of hydrogen-bond acceptors (Lipinski definition) is 4. The van der Waals surface area contributed by atoms with Gasteiger partial charge in [-0.1, -0.05) is 0 Å². The fraction of sp³-hybridized carbons (Fsp3) is 0.727. The van der Waals surface area contributed by atoms with Crippen LogP contribution in [0.25, 0.3) is 0 Å². The molecule has 10 heteroatoms. The van der Waals surface area contributed by atoms with Crippen molar-refractivity contribution >= 4 is 20.8 Å². The topological polar surface area (TPSA) is 80.5 Å². The fourth-order valence-electron chi connectivity index (χ4n) is 5.08. The van der Waals surface area contributed by atoms with Crippen molar-refractivity contribution in [3.05, 3.63) is 35.1 Å². The molecule has 32 heavy (non-hydrogen) atoms. The number of nitrogens with zero attached hydrogens (tertiary/aromatic N) is 1. The first-order valence-electron chi connectivity index (χ1n) is 11.1. The molecule has 2 heterocycles. The third-order valence-corrected chi connectivity index (χ3v) is 10.8. The Kier molecular flexibility index (Phi) is 7.79. The van der Waals surface area contributed by atoms with Gasteiger partial charge in [-0.25, -0.2) is 21.6 Å². The van der Waals surface area contributed by atoms with Gasteiger partial charge < -0.3 is 5.73 Å². The molecule has 2 N–H and O–H groups in total. The van der Waals surface area contributed by atoms with Gasteiger partial charge in [-0.15, -0.1) is 0 Å². The standard InChI is InChI=1S/C22H33F3N2O3S2/c1-22(2,3)31(28)13-16(8-15-11-20(24)21(25)12-19(15)23)14-9-17-4-5-18(10-14)27(17)32(29,30)7-6-26/h11-12,14,16-18H,4-10,13,26H2,1-3H3/t14?,16-,17-,18+,31-/m1/s1. The van der Waals surface area contributed by atoms with Gasteiger partial charge in [-0.3, -0.25) is 4.21 Å². The molecule has 0 spiro atoms. The first-order valence-corrected chi connectivity index (χ1v) is 14.0. The van der Waals surface area contributed by atoms with Crippen molar-refractivity contribution < 1.29 is 25.8 Å². The summed E-state index contributed by atoms with van der Waals surface area (Å²) < 4.78 is 81.1. The summed E-state index contributed by atoms with van der Waals surface area (Å²) in [6.45, 7) is 5.66. The predicted octanol–water partition coefficient (Wildman–Crippen LogP) is 3.34. The van der Waals surface area contributed by atoms with Crippen LogP contribution in [0.4, 0.5) is 13.2 Å². The summed E-state index contributed by atoms with van der Waals surface area (Å²) in [4.78, 5) is 0. The van der Waals surface area contributed by atoms with E-state index in [1.165, 1.54) is 0 Å². The molecule has 182 valence electrons. The van der Waals surface area contributed by atoms with Gasteiger partial charge in [-0.2, -0.15) is 4.31 Å². The lowest BCUT2D eigenvalue weighted by atomic mass is 9.79. The normalized spacial score (nSPS) is 26.3. The molecule has 0 saturated carbocycles. The maximum atomic E-state index is 14.4. The van der Waals surface area contributed by atoms with E-state index in [2.05, 4.69) is 0 Å². The Morgan fingerprint density at radius 3 is 2.19 bits per heavy atom. The lowest BCUT2D eigenvalue weighted by Gasteiger charge is -2.41. The van der Waals surface area contributed by atoms with Crippen LogP contribution < -0.4 is 5.73 Å². The second-order valence-electron chi connectivity index (χ2n) is 10.00. The molecule has 1 aromatic rings. The zero-order valence-electron chi connectivity index (χ0n) is 18.8. The van der Waals surface area contributed by atoms with Crippen LogP contribution >= 0.6 is 0 Å². The Balaban J connectivity index is 1.87. The predicted molar refractivity (Wildman–Crippen MR) is 120 cm³/mol. The average molecular weight is 495 g/mol. The third kappa shape index (κ3) is 5.56. The molecule has 2 saturated heterocycles. The Morgan fingerprint density at radius 1 is 1.09 bits per heavy atom. The molecule has 2 bridgehead atoms. The molecule has 2 aliphatic heterocycles. The second-order valence-corrected chi connectivity index (χ2v) is 14.2. The van der Waals surface area contributed by atoms with Crippen LogP contribution in [-0.4, -0.2) is 51.8 Å². The van der Waals surface area contributed by atoms with Gasteiger partial charge in [0.15, 0.2) is 11.6 Å². The highest BCUT2D eigenvalue weighted by atomic mass is 32.2. The van der Waals surface area contributed by atoms with E-state index >= 15 is 0 Å². The summed E-state index contributed by atoms with van der Waals surface area (Å²) in [6.07, 6.45) is 2.79. The minimum atomic E-state index is -3.44. The van der Waals surface area contributed by atoms with E-state index in [1.54, 1.807) is 4.31 Å². The maximum absolute atomic E-state index is 14.4. The van der Waals surface area contributed by atoms with Crippen molar-refractivity contribution in [1.82, 2.24) is 4.31 Å². The highest BCUT2D eigenvalue weighted by molar-refractivity contribution is 7.89. The van der Waals surface area contributed by atoms with Crippen molar-refractivity contribution in [3.8, 4) is 0 Å². The monoisotopic (exact) mass is 494 g/mol. The lowest BCUT2D eigenvalue weighted by Crippen LogP contribution is -2.50. The molecule has 2 aliphatic rings. The number of sulfonamides is 1. The molecule has 0 aromatic heterocycles. The fourth-order valence-corrected chi connectivity index (χ4v) is 8.16. The van der Waals surface area contributed by atoms with E-state index in [1.807, 2.05) is 20.8 Å². The smallest absolute Gasteiger partial charge is 0.215 e. The number of halogens is 3. The SMILES string of the molecule is CC(C)(C)[S@](=O)C[C@@H](Cc1cc(F)c(F)cc1F)C1C[C@H]2CC[C@@H](C1)N2S(=O)(=O)CCN. The van der Waals surface area contributed by atoms with Gasteiger partial charge in [0.1, 0.15) is 5.82 Å². The van der Waals surface area contributed by atoms with E-state index < -0.39 is 43.0 Å². The summed E-state index contributed by atoms with van der Waals surface area (Å²) >= 11 is 0. The Bertz CT molecular complexity index is 952. The molecule has 5 atom stereocenters. The van der Waals surface area contributed by atoms with Gasteiger partial charge in [0.2, 0.25) is 10.0 Å². The van der Waals surface area contributed by atoms with Crippen molar-refractivity contribution in [3.63, 3.8) is 0 Å². The highest BCUT2D eigenvalue weighted by Crippen LogP contribution is 2.44. The molecule has 0 aliphatic carbocycles. The van der Waals surface area contributed by atoms with Crippen LogP contribution in [0.5, 0.6) is 0 Å². The van der Waals surface area contributed by atoms with E-state index in [9.17, 15) is 25.8 Å². The molecule has 0 radical (unpaired) electrons. The number of fused-ring (bicyclic) bond motifs is 2. The van der Waals surface area contributed by atoms with Crippen LogP contribution in [0.15, 0.2) is 12.1 Å². The van der Waals surface area contributed by atoms with Crippen molar-refractivity contribution in [2.45, 2.75) is 69.7 Å². The van der Waals surface area contributed by atoms with Crippen LogP contribution in [0, 0.1) is 29.3 Å². The van der Waals surface area contributed by atoms with Gasteiger partial charge >= 0.3 is 0 Å². The molecule has 3 rings (SSSR count). The van der Waals surface area contributed by atoms with Crippen LogP contribution in [0.1, 0.15) is 52.0 Å². The third-order valence-electron chi connectivity index (χ3n) is 6.69. The summed E-state index contributed by atoms with van der Waals surface area (Å²) in [5.74, 6) is -3.20. The van der Waals surface area contributed by atoms with Crippen molar-refractivity contribution in [2.24, 2.45) is 17.6 Å². The number of benzene rings is 1. The molecule has 0 amide bonds. The first-order chi connectivity index (χ1) is 14.8. The Hall–Kier alpha value is -0.970. The Labute approximate surface area is 191 Å².